The first-order valence-corrected chi connectivity index (χ1v) is 5.66. The number of halogens is 1. The molecule has 17 heavy (non-hydrogen) atoms. The molecule has 2 rings (SSSR count). The number of benzene rings is 1. The Labute approximate surface area is 103 Å². The van der Waals surface area contributed by atoms with Crippen LogP contribution in [0.3, 0.4) is 0 Å². The predicted molar refractivity (Wildman–Crippen MR) is 61.0 cm³/mol. The molecular weight excluding hydrogens is 244 g/mol. The smallest absolute Gasteiger partial charge is 0.347 e. The van der Waals surface area contributed by atoms with Gasteiger partial charge in [-0.1, -0.05) is 17.7 Å². The number of carbonyl (C=O) groups excluding carboxylic acids is 2. The van der Waals surface area contributed by atoms with Gasteiger partial charge in [0, 0.05) is 11.4 Å². The van der Waals surface area contributed by atoms with E-state index in [2.05, 4.69) is 0 Å². The van der Waals surface area contributed by atoms with Crippen LogP contribution in [0.2, 0.25) is 5.02 Å². The van der Waals surface area contributed by atoms with Crippen LogP contribution in [0.15, 0.2) is 18.2 Å². The molecule has 1 unspecified atom stereocenters. The second-order valence-corrected chi connectivity index (χ2v) is 4.02. The van der Waals surface area contributed by atoms with Crippen molar-refractivity contribution in [1.29, 1.82) is 0 Å². The topological polar surface area (TPSA) is 52.6 Å². The van der Waals surface area contributed by atoms with Crippen molar-refractivity contribution < 1.29 is 19.1 Å². The summed E-state index contributed by atoms with van der Waals surface area (Å²) in [7, 11) is 0. The van der Waals surface area contributed by atoms with Crippen LogP contribution in [0.1, 0.15) is 22.8 Å². The van der Waals surface area contributed by atoms with E-state index in [1.165, 1.54) is 0 Å². The SMILES string of the molecule is CCOC(=O)C1Cc2c(Cl)cccc2C(=O)O1. The predicted octanol–water partition coefficient (Wildman–Crippen LogP) is 1.98. The van der Waals surface area contributed by atoms with Gasteiger partial charge in [0.2, 0.25) is 6.10 Å². The van der Waals surface area contributed by atoms with E-state index in [1.807, 2.05) is 0 Å². The summed E-state index contributed by atoms with van der Waals surface area (Å²) in [5.74, 6) is -1.07. The first-order chi connectivity index (χ1) is 8.13. The second-order valence-electron chi connectivity index (χ2n) is 3.62. The molecule has 0 spiro atoms. The summed E-state index contributed by atoms with van der Waals surface area (Å²) in [6, 6.07) is 4.99. The van der Waals surface area contributed by atoms with Gasteiger partial charge in [0.05, 0.1) is 12.2 Å². The lowest BCUT2D eigenvalue weighted by Gasteiger charge is -2.23. The number of esters is 2. The summed E-state index contributed by atoms with van der Waals surface area (Å²) in [6.07, 6.45) is -0.630. The fourth-order valence-corrected chi connectivity index (χ4v) is 2.00. The Bertz CT molecular complexity index is 470. The molecule has 0 amide bonds. The van der Waals surface area contributed by atoms with Crippen molar-refractivity contribution in [2.24, 2.45) is 0 Å². The van der Waals surface area contributed by atoms with Crippen molar-refractivity contribution in [3.8, 4) is 0 Å². The van der Waals surface area contributed by atoms with E-state index in [9.17, 15) is 9.59 Å². The van der Waals surface area contributed by atoms with Crippen LogP contribution in [0.5, 0.6) is 0 Å². The van der Waals surface area contributed by atoms with Gasteiger partial charge in [0.15, 0.2) is 0 Å². The summed E-state index contributed by atoms with van der Waals surface area (Å²) < 4.78 is 9.84. The van der Waals surface area contributed by atoms with Gasteiger partial charge in [-0.15, -0.1) is 0 Å². The van der Waals surface area contributed by atoms with Crippen molar-refractivity contribution in [1.82, 2.24) is 0 Å². The molecule has 0 aromatic heterocycles. The molecule has 0 radical (unpaired) electrons. The zero-order valence-electron chi connectivity index (χ0n) is 9.23. The Morgan fingerprint density at radius 1 is 1.59 bits per heavy atom. The molecule has 0 bridgehead atoms. The van der Waals surface area contributed by atoms with Crippen LogP contribution >= 0.6 is 11.6 Å². The fraction of sp³-hybridized carbons (Fsp3) is 0.333. The van der Waals surface area contributed by atoms with Crippen molar-refractivity contribution in [3.05, 3.63) is 34.3 Å². The molecule has 1 atom stereocenters. The lowest BCUT2D eigenvalue weighted by molar-refractivity contribution is -0.153. The van der Waals surface area contributed by atoms with Crippen LogP contribution in [0.25, 0.3) is 0 Å². The normalized spacial score (nSPS) is 18.2. The van der Waals surface area contributed by atoms with Gasteiger partial charge < -0.3 is 9.47 Å². The number of hydrogen-bond acceptors (Lipinski definition) is 4. The average molecular weight is 255 g/mol. The molecule has 1 aliphatic rings. The highest BCUT2D eigenvalue weighted by Crippen LogP contribution is 2.27. The van der Waals surface area contributed by atoms with Crippen molar-refractivity contribution in [2.75, 3.05) is 6.61 Å². The van der Waals surface area contributed by atoms with Crippen molar-refractivity contribution in [2.45, 2.75) is 19.4 Å². The molecule has 90 valence electrons. The maximum atomic E-state index is 11.7. The zero-order valence-corrected chi connectivity index (χ0v) is 9.99. The quantitative estimate of drug-likeness (QED) is 0.758. The molecule has 0 saturated heterocycles. The number of rotatable bonds is 2. The summed E-state index contributed by atoms with van der Waals surface area (Å²) in [5.41, 5.74) is 1.06. The Morgan fingerprint density at radius 2 is 2.35 bits per heavy atom. The van der Waals surface area contributed by atoms with Gasteiger partial charge in [-0.3, -0.25) is 0 Å². The monoisotopic (exact) mass is 254 g/mol. The molecular formula is C12H11ClO4. The zero-order chi connectivity index (χ0) is 12.4. The Hall–Kier alpha value is -1.55. The van der Waals surface area contributed by atoms with Gasteiger partial charge in [-0.05, 0) is 24.6 Å². The van der Waals surface area contributed by atoms with Crippen LogP contribution in [0, 0.1) is 0 Å². The van der Waals surface area contributed by atoms with E-state index >= 15 is 0 Å². The van der Waals surface area contributed by atoms with Crippen LogP contribution in [0.4, 0.5) is 0 Å². The van der Waals surface area contributed by atoms with Gasteiger partial charge in [0.25, 0.3) is 0 Å². The number of cyclic esters (lactones) is 1. The maximum Gasteiger partial charge on any atom is 0.347 e. The van der Waals surface area contributed by atoms with Gasteiger partial charge in [-0.2, -0.15) is 0 Å². The standard InChI is InChI=1S/C12H11ClO4/c1-2-16-12(15)10-6-8-7(11(14)17-10)4-3-5-9(8)13/h3-5,10H,2,6H2,1H3. The minimum absolute atomic E-state index is 0.252. The van der Waals surface area contributed by atoms with Crippen LogP contribution in [-0.4, -0.2) is 24.6 Å². The van der Waals surface area contributed by atoms with E-state index in [4.69, 9.17) is 21.1 Å². The number of hydrogen-bond donors (Lipinski definition) is 0. The molecule has 0 saturated carbocycles. The lowest BCUT2D eigenvalue weighted by Crippen LogP contribution is -2.35. The van der Waals surface area contributed by atoms with Crippen LogP contribution < -0.4 is 0 Å². The number of carbonyl (C=O) groups is 2. The third kappa shape index (κ3) is 2.26. The van der Waals surface area contributed by atoms with E-state index in [-0.39, 0.29) is 13.0 Å². The van der Waals surface area contributed by atoms with E-state index in [0.717, 1.165) is 0 Å². The highest BCUT2D eigenvalue weighted by Gasteiger charge is 2.33. The molecule has 1 heterocycles. The Kier molecular flexibility index (Phi) is 3.33. The molecule has 1 aliphatic heterocycles. The highest BCUT2D eigenvalue weighted by molar-refractivity contribution is 6.32. The molecule has 1 aromatic carbocycles. The average Bonchev–Trinajstić information content (AvgIpc) is 2.30. The molecule has 4 nitrogen and oxygen atoms in total. The lowest BCUT2D eigenvalue weighted by atomic mass is 9.98. The van der Waals surface area contributed by atoms with E-state index in [0.29, 0.717) is 16.1 Å². The first-order valence-electron chi connectivity index (χ1n) is 5.28. The highest BCUT2D eigenvalue weighted by atomic mass is 35.5. The minimum Gasteiger partial charge on any atom is -0.463 e. The van der Waals surface area contributed by atoms with Gasteiger partial charge >= 0.3 is 11.9 Å². The van der Waals surface area contributed by atoms with Gasteiger partial charge in [-0.25, -0.2) is 9.59 Å². The molecule has 1 aromatic rings. The summed E-state index contributed by atoms with van der Waals surface area (Å²) in [4.78, 5) is 23.2. The molecule has 0 N–H and O–H groups in total. The van der Waals surface area contributed by atoms with Crippen molar-refractivity contribution >= 4 is 23.5 Å². The van der Waals surface area contributed by atoms with Crippen LogP contribution in [-0.2, 0) is 20.7 Å². The fourth-order valence-electron chi connectivity index (χ4n) is 1.74. The summed E-state index contributed by atoms with van der Waals surface area (Å²) >= 11 is 5.99. The molecule has 0 fully saturated rings. The number of fused-ring (bicyclic) bond motifs is 1. The molecule has 5 heteroatoms. The molecule has 0 aliphatic carbocycles. The summed E-state index contributed by atoms with van der Waals surface area (Å²) in [5, 5.41) is 0.466. The van der Waals surface area contributed by atoms with Crippen molar-refractivity contribution in [3.63, 3.8) is 0 Å². The largest absolute Gasteiger partial charge is 0.463 e. The Morgan fingerprint density at radius 3 is 3.06 bits per heavy atom. The first kappa shape index (κ1) is 11.9. The summed E-state index contributed by atoms with van der Waals surface area (Å²) in [6.45, 7) is 1.95. The second kappa shape index (κ2) is 4.75. The van der Waals surface area contributed by atoms with E-state index < -0.39 is 18.0 Å². The van der Waals surface area contributed by atoms with Gasteiger partial charge in [0.1, 0.15) is 0 Å². The third-order valence-corrected chi connectivity index (χ3v) is 2.88. The number of ether oxygens (including phenoxy) is 2. The van der Waals surface area contributed by atoms with E-state index in [1.54, 1.807) is 25.1 Å². The Balaban J connectivity index is 2.29. The minimum atomic E-state index is -0.894. The maximum absolute atomic E-state index is 11.7. The third-order valence-electron chi connectivity index (χ3n) is 2.53.